The number of carbonyl (C=O) groups excluding carboxylic acids is 1. The Morgan fingerprint density at radius 3 is 2.87 bits per heavy atom. The molecule has 0 heterocycles. The van der Waals surface area contributed by atoms with E-state index in [0.717, 1.165) is 18.8 Å². The summed E-state index contributed by atoms with van der Waals surface area (Å²) >= 11 is 0. The minimum Gasteiger partial charge on any atom is -0.372 e. The van der Waals surface area contributed by atoms with Gasteiger partial charge in [-0.3, -0.25) is 4.79 Å². The topological polar surface area (TPSA) is 38.3 Å². The molecule has 15 heavy (non-hydrogen) atoms. The average Bonchev–Trinajstić information content (AvgIpc) is 2.28. The van der Waals surface area contributed by atoms with E-state index in [0.29, 0.717) is 6.04 Å². The van der Waals surface area contributed by atoms with Gasteiger partial charge in [0.2, 0.25) is 5.91 Å². The molecule has 0 spiro atoms. The molecule has 0 aromatic rings. The number of hydrogen-bond donors (Lipinski definition) is 1. The van der Waals surface area contributed by atoms with Crippen LogP contribution in [0.4, 0.5) is 0 Å². The fourth-order valence-corrected chi connectivity index (χ4v) is 2.22. The van der Waals surface area contributed by atoms with E-state index >= 15 is 0 Å². The molecule has 3 heteroatoms. The number of nitrogens with one attached hydrogen (secondary N) is 1. The lowest BCUT2D eigenvalue weighted by atomic mass is 9.84. The second kappa shape index (κ2) is 6.11. The molecule has 1 aliphatic rings. The number of methoxy groups -OCH3 is 1. The molecule has 3 atom stereocenters. The molecule has 0 aromatic carbocycles. The summed E-state index contributed by atoms with van der Waals surface area (Å²) in [6, 6.07) is 0.369. The van der Waals surface area contributed by atoms with Crippen molar-refractivity contribution < 1.29 is 9.53 Å². The van der Waals surface area contributed by atoms with Crippen LogP contribution in [0.1, 0.15) is 46.0 Å². The van der Waals surface area contributed by atoms with Crippen molar-refractivity contribution in [2.24, 2.45) is 5.92 Å². The van der Waals surface area contributed by atoms with Crippen LogP contribution in [0.3, 0.4) is 0 Å². The molecule has 0 saturated heterocycles. The molecule has 1 N–H and O–H groups in total. The van der Waals surface area contributed by atoms with Crippen molar-refractivity contribution >= 4 is 5.91 Å². The minimum atomic E-state index is -0.327. The summed E-state index contributed by atoms with van der Waals surface area (Å²) in [5.74, 6) is 0.821. The molecule has 1 saturated carbocycles. The van der Waals surface area contributed by atoms with E-state index in [1.165, 1.54) is 19.3 Å². The molecule has 0 radical (unpaired) electrons. The van der Waals surface area contributed by atoms with E-state index in [2.05, 4.69) is 12.2 Å². The molecular weight excluding hydrogens is 190 g/mol. The SMILES string of the molecule is CCC1CCCC(NC(=O)C(C)OC)C1. The zero-order valence-corrected chi connectivity index (χ0v) is 10.1. The average molecular weight is 213 g/mol. The molecule has 0 bridgehead atoms. The van der Waals surface area contributed by atoms with Crippen LogP contribution in [0, 0.1) is 5.92 Å². The van der Waals surface area contributed by atoms with E-state index in [4.69, 9.17) is 4.74 Å². The first kappa shape index (κ1) is 12.5. The van der Waals surface area contributed by atoms with Gasteiger partial charge >= 0.3 is 0 Å². The van der Waals surface area contributed by atoms with E-state index in [-0.39, 0.29) is 12.0 Å². The van der Waals surface area contributed by atoms with Crippen molar-refractivity contribution in [1.82, 2.24) is 5.32 Å². The van der Waals surface area contributed by atoms with Gasteiger partial charge in [-0.25, -0.2) is 0 Å². The quantitative estimate of drug-likeness (QED) is 0.776. The lowest BCUT2D eigenvalue weighted by molar-refractivity contribution is -0.131. The summed E-state index contributed by atoms with van der Waals surface area (Å²) in [6.45, 7) is 4.02. The number of rotatable bonds is 4. The lowest BCUT2D eigenvalue weighted by Crippen LogP contribution is -2.43. The first-order valence-electron chi connectivity index (χ1n) is 6.00. The summed E-state index contributed by atoms with van der Waals surface area (Å²) in [7, 11) is 1.57. The van der Waals surface area contributed by atoms with Gasteiger partial charge in [0.25, 0.3) is 0 Å². The largest absolute Gasteiger partial charge is 0.372 e. The maximum absolute atomic E-state index is 11.6. The second-order valence-electron chi connectivity index (χ2n) is 4.52. The first-order valence-corrected chi connectivity index (χ1v) is 6.00. The highest BCUT2D eigenvalue weighted by Gasteiger charge is 2.23. The van der Waals surface area contributed by atoms with Crippen molar-refractivity contribution in [1.29, 1.82) is 0 Å². The summed E-state index contributed by atoms with van der Waals surface area (Å²) in [5, 5.41) is 3.07. The molecule has 0 aliphatic heterocycles. The Bertz CT molecular complexity index is 206. The summed E-state index contributed by atoms with van der Waals surface area (Å²) in [5.41, 5.74) is 0. The number of ether oxygens (including phenoxy) is 1. The van der Waals surface area contributed by atoms with Crippen molar-refractivity contribution in [2.45, 2.75) is 58.1 Å². The minimum absolute atomic E-state index is 0.0271. The van der Waals surface area contributed by atoms with Gasteiger partial charge in [0.1, 0.15) is 6.10 Å². The number of carbonyl (C=O) groups is 1. The van der Waals surface area contributed by atoms with Crippen molar-refractivity contribution in [3.63, 3.8) is 0 Å². The predicted molar refractivity (Wildman–Crippen MR) is 60.7 cm³/mol. The Morgan fingerprint density at radius 2 is 2.27 bits per heavy atom. The van der Waals surface area contributed by atoms with Crippen LogP contribution < -0.4 is 5.32 Å². The zero-order chi connectivity index (χ0) is 11.3. The predicted octanol–water partition coefficient (Wildman–Crippen LogP) is 2.11. The first-order chi connectivity index (χ1) is 7.17. The van der Waals surface area contributed by atoms with Gasteiger partial charge in [-0.05, 0) is 25.7 Å². The van der Waals surface area contributed by atoms with Crippen LogP contribution in [0.15, 0.2) is 0 Å². The molecule has 0 aromatic heterocycles. The van der Waals surface area contributed by atoms with E-state index in [1.54, 1.807) is 14.0 Å². The fraction of sp³-hybridized carbons (Fsp3) is 0.917. The summed E-state index contributed by atoms with van der Waals surface area (Å²) in [6.07, 6.45) is 5.73. The van der Waals surface area contributed by atoms with Crippen molar-refractivity contribution in [3.05, 3.63) is 0 Å². The standard InChI is InChI=1S/C12H23NO2/c1-4-10-6-5-7-11(8-10)13-12(14)9(2)15-3/h9-11H,4-8H2,1-3H3,(H,13,14). The summed E-state index contributed by atoms with van der Waals surface area (Å²) < 4.78 is 4.99. The van der Waals surface area contributed by atoms with Crippen LogP contribution in [0.2, 0.25) is 0 Å². The van der Waals surface area contributed by atoms with Crippen molar-refractivity contribution in [2.75, 3.05) is 7.11 Å². The van der Waals surface area contributed by atoms with Gasteiger partial charge in [0.15, 0.2) is 0 Å². The van der Waals surface area contributed by atoms with Crippen LogP contribution >= 0.6 is 0 Å². The molecule has 1 rings (SSSR count). The molecule has 3 unspecified atom stereocenters. The monoisotopic (exact) mass is 213 g/mol. The van der Waals surface area contributed by atoms with Crippen LogP contribution in [-0.4, -0.2) is 25.2 Å². The lowest BCUT2D eigenvalue weighted by Gasteiger charge is -2.29. The van der Waals surface area contributed by atoms with Gasteiger partial charge in [0, 0.05) is 13.2 Å². The van der Waals surface area contributed by atoms with Crippen LogP contribution in [0.5, 0.6) is 0 Å². The molecule has 1 fully saturated rings. The van der Waals surface area contributed by atoms with Crippen LogP contribution in [0.25, 0.3) is 0 Å². The van der Waals surface area contributed by atoms with Crippen molar-refractivity contribution in [3.8, 4) is 0 Å². The Morgan fingerprint density at radius 1 is 1.53 bits per heavy atom. The van der Waals surface area contributed by atoms with Gasteiger partial charge in [0.05, 0.1) is 0 Å². The van der Waals surface area contributed by atoms with Gasteiger partial charge in [-0.2, -0.15) is 0 Å². The Kier molecular flexibility index (Phi) is 5.09. The summed E-state index contributed by atoms with van der Waals surface area (Å²) in [4.78, 5) is 11.6. The Balaban J connectivity index is 2.34. The molecule has 88 valence electrons. The maximum Gasteiger partial charge on any atom is 0.249 e. The Hall–Kier alpha value is -0.570. The number of amides is 1. The second-order valence-corrected chi connectivity index (χ2v) is 4.52. The smallest absolute Gasteiger partial charge is 0.249 e. The third kappa shape index (κ3) is 3.82. The third-order valence-electron chi connectivity index (χ3n) is 3.43. The van der Waals surface area contributed by atoms with E-state index in [1.807, 2.05) is 0 Å². The van der Waals surface area contributed by atoms with Gasteiger partial charge in [-0.15, -0.1) is 0 Å². The van der Waals surface area contributed by atoms with Gasteiger partial charge in [-0.1, -0.05) is 26.2 Å². The number of hydrogen-bond acceptors (Lipinski definition) is 2. The van der Waals surface area contributed by atoms with E-state index in [9.17, 15) is 4.79 Å². The highest BCUT2D eigenvalue weighted by molar-refractivity contribution is 5.80. The molecule has 1 amide bonds. The van der Waals surface area contributed by atoms with Gasteiger partial charge < -0.3 is 10.1 Å². The van der Waals surface area contributed by atoms with Crippen LogP contribution in [-0.2, 0) is 9.53 Å². The highest BCUT2D eigenvalue weighted by Crippen LogP contribution is 2.26. The molecule has 3 nitrogen and oxygen atoms in total. The Labute approximate surface area is 92.6 Å². The fourth-order valence-electron chi connectivity index (χ4n) is 2.22. The third-order valence-corrected chi connectivity index (χ3v) is 3.43. The molecular formula is C12H23NO2. The maximum atomic E-state index is 11.6. The van der Waals surface area contributed by atoms with E-state index < -0.39 is 0 Å². The zero-order valence-electron chi connectivity index (χ0n) is 10.1. The normalized spacial score (nSPS) is 28.5. The molecule has 1 aliphatic carbocycles. The highest BCUT2D eigenvalue weighted by atomic mass is 16.5.